The van der Waals surface area contributed by atoms with E-state index in [9.17, 15) is 0 Å². The maximum absolute atomic E-state index is 5.25. The molecule has 90 valence electrons. The van der Waals surface area contributed by atoms with Gasteiger partial charge in [-0.05, 0) is 25.6 Å². The lowest BCUT2D eigenvalue weighted by Crippen LogP contribution is -2.21. The van der Waals surface area contributed by atoms with Crippen LogP contribution in [-0.2, 0) is 6.42 Å². The van der Waals surface area contributed by atoms with Crippen LogP contribution in [0.4, 0.5) is 0 Å². The first-order valence-electron chi connectivity index (χ1n) is 5.95. The summed E-state index contributed by atoms with van der Waals surface area (Å²) in [4.78, 5) is 4.46. The van der Waals surface area contributed by atoms with Crippen molar-refractivity contribution in [1.82, 2.24) is 15.5 Å². The van der Waals surface area contributed by atoms with Gasteiger partial charge >= 0.3 is 0 Å². The Balaban J connectivity index is 1.94. The summed E-state index contributed by atoms with van der Waals surface area (Å²) in [6.07, 6.45) is 7.91. The quantitative estimate of drug-likeness (QED) is 0.875. The van der Waals surface area contributed by atoms with E-state index in [2.05, 4.69) is 21.7 Å². The highest BCUT2D eigenvalue weighted by Gasteiger charge is 2.19. The third-order valence-corrected chi connectivity index (χ3v) is 3.49. The summed E-state index contributed by atoms with van der Waals surface area (Å²) in [7, 11) is 0. The van der Waals surface area contributed by atoms with Crippen LogP contribution >= 0.6 is 11.8 Å². The van der Waals surface area contributed by atoms with Crippen molar-refractivity contribution < 1.29 is 4.52 Å². The second-order valence-corrected chi connectivity index (χ2v) is 5.13. The minimum absolute atomic E-state index is 0.300. The first kappa shape index (κ1) is 11.9. The summed E-state index contributed by atoms with van der Waals surface area (Å²) in [5.41, 5.74) is 0. The lowest BCUT2D eigenvalue weighted by atomic mass is 10.1. The Morgan fingerprint density at radius 2 is 2.38 bits per heavy atom. The molecule has 1 aliphatic rings. The summed E-state index contributed by atoms with van der Waals surface area (Å²) in [6.45, 7) is 1.07. The van der Waals surface area contributed by atoms with Gasteiger partial charge in [-0.2, -0.15) is 16.7 Å². The lowest BCUT2D eigenvalue weighted by molar-refractivity contribution is 0.367. The molecule has 2 rings (SSSR count). The zero-order chi connectivity index (χ0) is 11.2. The summed E-state index contributed by atoms with van der Waals surface area (Å²) >= 11 is 1.80. The topological polar surface area (TPSA) is 51.0 Å². The first-order valence-corrected chi connectivity index (χ1v) is 7.34. The van der Waals surface area contributed by atoms with Crippen LogP contribution in [0.5, 0.6) is 0 Å². The Morgan fingerprint density at radius 1 is 1.44 bits per heavy atom. The Labute approximate surface area is 101 Å². The van der Waals surface area contributed by atoms with E-state index in [0.717, 1.165) is 36.9 Å². The fraction of sp³-hybridized carbons (Fsp3) is 0.818. The molecule has 1 unspecified atom stereocenters. The van der Waals surface area contributed by atoms with Gasteiger partial charge in [0.2, 0.25) is 5.89 Å². The van der Waals surface area contributed by atoms with Gasteiger partial charge < -0.3 is 9.84 Å². The summed E-state index contributed by atoms with van der Waals surface area (Å²) < 4.78 is 5.25. The molecule has 1 atom stereocenters. The molecule has 0 aliphatic carbocycles. The second kappa shape index (κ2) is 6.25. The van der Waals surface area contributed by atoms with Crippen molar-refractivity contribution in [2.75, 3.05) is 18.6 Å². The molecule has 0 radical (unpaired) electrons. The fourth-order valence-electron chi connectivity index (χ4n) is 1.95. The molecule has 5 heteroatoms. The zero-order valence-electron chi connectivity index (χ0n) is 9.74. The number of nitrogens with one attached hydrogen (secondary N) is 1. The van der Waals surface area contributed by atoms with Crippen molar-refractivity contribution in [2.45, 2.75) is 38.1 Å². The monoisotopic (exact) mass is 241 g/mol. The smallest absolute Gasteiger partial charge is 0.227 e. The maximum Gasteiger partial charge on any atom is 0.227 e. The standard InChI is InChI=1S/C11H19N3OS/c1-16-8-6-10-13-11(14-15-10)9-5-3-2-4-7-12-9/h9,12H,2-8H2,1H3. The predicted molar refractivity (Wildman–Crippen MR) is 65.6 cm³/mol. The zero-order valence-corrected chi connectivity index (χ0v) is 10.6. The molecule has 0 amide bonds. The fourth-order valence-corrected chi connectivity index (χ4v) is 2.33. The van der Waals surface area contributed by atoms with Crippen molar-refractivity contribution in [2.24, 2.45) is 0 Å². The number of rotatable bonds is 4. The van der Waals surface area contributed by atoms with E-state index >= 15 is 0 Å². The average molecular weight is 241 g/mol. The number of aryl methyl sites for hydroxylation is 1. The van der Waals surface area contributed by atoms with Crippen molar-refractivity contribution in [1.29, 1.82) is 0 Å². The Bertz CT molecular complexity index is 308. The molecular formula is C11H19N3OS. The number of aromatic nitrogens is 2. The van der Waals surface area contributed by atoms with E-state index < -0.39 is 0 Å². The molecular weight excluding hydrogens is 222 g/mol. The van der Waals surface area contributed by atoms with E-state index in [1.165, 1.54) is 19.3 Å². The molecule has 0 spiro atoms. The van der Waals surface area contributed by atoms with Crippen LogP contribution in [-0.4, -0.2) is 28.7 Å². The summed E-state index contributed by atoms with van der Waals surface area (Å²) in [5, 5.41) is 7.55. The van der Waals surface area contributed by atoms with Crippen LogP contribution in [0.2, 0.25) is 0 Å². The van der Waals surface area contributed by atoms with Crippen molar-refractivity contribution in [3.63, 3.8) is 0 Å². The number of thioether (sulfide) groups is 1. The Morgan fingerprint density at radius 3 is 3.25 bits per heavy atom. The molecule has 4 nitrogen and oxygen atoms in total. The predicted octanol–water partition coefficient (Wildman–Crippen LogP) is 2.18. The first-order chi connectivity index (χ1) is 7.90. The molecule has 1 aromatic rings. The highest BCUT2D eigenvalue weighted by Crippen LogP contribution is 2.20. The highest BCUT2D eigenvalue weighted by atomic mass is 32.2. The lowest BCUT2D eigenvalue weighted by Gasteiger charge is -2.09. The number of nitrogens with zero attached hydrogens (tertiary/aromatic N) is 2. The molecule has 1 N–H and O–H groups in total. The van der Waals surface area contributed by atoms with Crippen molar-refractivity contribution >= 4 is 11.8 Å². The average Bonchev–Trinajstić information content (AvgIpc) is 2.60. The van der Waals surface area contributed by atoms with Crippen LogP contribution in [0.25, 0.3) is 0 Å². The Hall–Kier alpha value is -0.550. The van der Waals surface area contributed by atoms with E-state index in [1.54, 1.807) is 11.8 Å². The SMILES string of the molecule is CSCCc1nc(C2CCCCCN2)no1. The summed E-state index contributed by atoms with van der Waals surface area (Å²) in [6, 6.07) is 0.300. The maximum atomic E-state index is 5.25. The minimum Gasteiger partial charge on any atom is -0.339 e. The van der Waals surface area contributed by atoms with E-state index in [1.807, 2.05) is 0 Å². The highest BCUT2D eigenvalue weighted by molar-refractivity contribution is 7.98. The minimum atomic E-state index is 0.300. The van der Waals surface area contributed by atoms with Gasteiger partial charge in [-0.25, -0.2) is 0 Å². The van der Waals surface area contributed by atoms with Crippen LogP contribution in [0.1, 0.15) is 43.4 Å². The van der Waals surface area contributed by atoms with Gasteiger partial charge in [0.15, 0.2) is 5.82 Å². The van der Waals surface area contributed by atoms with Crippen LogP contribution < -0.4 is 5.32 Å². The molecule has 1 saturated heterocycles. The molecule has 1 aromatic heterocycles. The van der Waals surface area contributed by atoms with Gasteiger partial charge in [-0.3, -0.25) is 0 Å². The van der Waals surface area contributed by atoms with Gasteiger partial charge in [0.25, 0.3) is 0 Å². The van der Waals surface area contributed by atoms with Crippen molar-refractivity contribution in [3.8, 4) is 0 Å². The van der Waals surface area contributed by atoms with Crippen molar-refractivity contribution in [3.05, 3.63) is 11.7 Å². The number of hydrogen-bond donors (Lipinski definition) is 1. The van der Waals surface area contributed by atoms with Crippen LogP contribution in [0, 0.1) is 0 Å². The van der Waals surface area contributed by atoms with Gasteiger partial charge in [-0.15, -0.1) is 0 Å². The van der Waals surface area contributed by atoms with E-state index in [0.29, 0.717) is 6.04 Å². The van der Waals surface area contributed by atoms with Gasteiger partial charge in [0.1, 0.15) is 0 Å². The molecule has 0 saturated carbocycles. The van der Waals surface area contributed by atoms with E-state index in [4.69, 9.17) is 4.52 Å². The van der Waals surface area contributed by atoms with E-state index in [-0.39, 0.29) is 0 Å². The molecule has 2 heterocycles. The largest absolute Gasteiger partial charge is 0.339 e. The van der Waals surface area contributed by atoms with Gasteiger partial charge in [-0.1, -0.05) is 18.0 Å². The van der Waals surface area contributed by atoms with Crippen LogP contribution in [0.15, 0.2) is 4.52 Å². The summed E-state index contributed by atoms with van der Waals surface area (Å²) in [5.74, 6) is 2.66. The molecule has 1 fully saturated rings. The molecule has 0 aromatic carbocycles. The third-order valence-electron chi connectivity index (χ3n) is 2.88. The second-order valence-electron chi connectivity index (χ2n) is 4.15. The third kappa shape index (κ3) is 3.22. The van der Waals surface area contributed by atoms with Crippen LogP contribution in [0.3, 0.4) is 0 Å². The van der Waals surface area contributed by atoms with Gasteiger partial charge in [0, 0.05) is 12.2 Å². The van der Waals surface area contributed by atoms with Gasteiger partial charge in [0.05, 0.1) is 6.04 Å². The normalized spacial score (nSPS) is 21.9. The number of hydrogen-bond acceptors (Lipinski definition) is 5. The molecule has 16 heavy (non-hydrogen) atoms. The molecule has 0 bridgehead atoms. The molecule has 1 aliphatic heterocycles. The Kier molecular flexibility index (Phi) is 4.66.